The number of anilines is 1. The van der Waals surface area contributed by atoms with Crippen molar-refractivity contribution >= 4 is 11.6 Å². The molecule has 2 aromatic carbocycles. The Morgan fingerprint density at radius 3 is 2.60 bits per heavy atom. The Morgan fingerprint density at radius 2 is 1.92 bits per heavy atom. The Labute approximate surface area is 144 Å². The number of amides is 1. The molecule has 0 aliphatic heterocycles. The van der Waals surface area contributed by atoms with E-state index in [1.54, 1.807) is 19.2 Å². The Kier molecular flexibility index (Phi) is 4.89. The van der Waals surface area contributed by atoms with Crippen LogP contribution in [-0.4, -0.2) is 23.2 Å². The second-order valence-electron chi connectivity index (χ2n) is 5.46. The molecule has 3 rings (SSSR count). The first-order valence-corrected chi connectivity index (χ1v) is 7.73. The van der Waals surface area contributed by atoms with Crippen molar-refractivity contribution < 1.29 is 9.53 Å². The molecule has 1 amide bonds. The highest BCUT2D eigenvalue weighted by molar-refractivity contribution is 5.92. The van der Waals surface area contributed by atoms with Crippen molar-refractivity contribution in [3.8, 4) is 17.0 Å². The molecule has 6 heteroatoms. The number of rotatable bonds is 5. The molecule has 0 bridgehead atoms. The highest BCUT2D eigenvalue weighted by Crippen LogP contribution is 2.20. The van der Waals surface area contributed by atoms with E-state index in [0.29, 0.717) is 11.4 Å². The van der Waals surface area contributed by atoms with Crippen molar-refractivity contribution in [1.82, 2.24) is 10.2 Å². The maximum atomic E-state index is 12.2. The van der Waals surface area contributed by atoms with E-state index < -0.39 is 0 Å². The third-order valence-electron chi connectivity index (χ3n) is 3.64. The average molecular weight is 335 g/mol. The summed E-state index contributed by atoms with van der Waals surface area (Å²) in [5.41, 5.74) is 2.75. The van der Waals surface area contributed by atoms with Gasteiger partial charge in [-0.1, -0.05) is 24.3 Å². The zero-order chi connectivity index (χ0) is 17.6. The monoisotopic (exact) mass is 335 g/mol. The summed E-state index contributed by atoms with van der Waals surface area (Å²) in [5, 5.41) is 9.26. The zero-order valence-corrected chi connectivity index (χ0v) is 13.7. The number of nitrogens with one attached hydrogen (secondary N) is 2. The van der Waals surface area contributed by atoms with Gasteiger partial charge < -0.3 is 10.1 Å². The summed E-state index contributed by atoms with van der Waals surface area (Å²) in [7, 11) is 1.60. The lowest BCUT2D eigenvalue weighted by Crippen LogP contribution is -2.14. The van der Waals surface area contributed by atoms with E-state index >= 15 is 0 Å². The predicted octanol–water partition coefficient (Wildman–Crippen LogP) is 2.63. The molecule has 25 heavy (non-hydrogen) atoms. The zero-order valence-electron chi connectivity index (χ0n) is 13.7. The highest BCUT2D eigenvalue weighted by atomic mass is 16.5. The number of methoxy groups -OCH3 is 1. The van der Waals surface area contributed by atoms with Gasteiger partial charge in [-0.25, -0.2) is 5.10 Å². The van der Waals surface area contributed by atoms with Crippen molar-refractivity contribution in [2.45, 2.75) is 6.42 Å². The van der Waals surface area contributed by atoms with Gasteiger partial charge in [-0.05, 0) is 35.9 Å². The van der Waals surface area contributed by atoms with E-state index in [4.69, 9.17) is 4.74 Å². The first kappa shape index (κ1) is 16.4. The average Bonchev–Trinajstić information content (AvgIpc) is 2.63. The number of nitrogens with zero attached hydrogens (tertiary/aromatic N) is 1. The first-order chi connectivity index (χ1) is 12.1. The van der Waals surface area contributed by atoms with Crippen molar-refractivity contribution in [3.63, 3.8) is 0 Å². The van der Waals surface area contributed by atoms with E-state index in [-0.39, 0.29) is 17.9 Å². The van der Waals surface area contributed by atoms with Crippen LogP contribution in [-0.2, 0) is 11.2 Å². The van der Waals surface area contributed by atoms with Gasteiger partial charge in [-0.3, -0.25) is 9.59 Å². The van der Waals surface area contributed by atoms with Gasteiger partial charge in [-0.2, -0.15) is 5.10 Å². The molecule has 2 N–H and O–H groups in total. The molecular formula is C19H17N3O3. The fourth-order valence-corrected chi connectivity index (χ4v) is 2.40. The van der Waals surface area contributed by atoms with Crippen molar-refractivity contribution in [2.75, 3.05) is 12.4 Å². The molecule has 0 saturated carbocycles. The maximum Gasteiger partial charge on any atom is 0.264 e. The number of ether oxygens (including phenoxy) is 1. The van der Waals surface area contributed by atoms with Crippen molar-refractivity contribution in [1.29, 1.82) is 0 Å². The quantitative estimate of drug-likeness (QED) is 0.751. The van der Waals surface area contributed by atoms with E-state index in [1.807, 2.05) is 42.5 Å². The summed E-state index contributed by atoms with van der Waals surface area (Å²) in [6, 6.07) is 17.7. The van der Waals surface area contributed by atoms with Crippen LogP contribution in [0.3, 0.4) is 0 Å². The first-order valence-electron chi connectivity index (χ1n) is 7.73. The van der Waals surface area contributed by atoms with Crippen LogP contribution in [0.1, 0.15) is 5.56 Å². The number of benzene rings is 2. The van der Waals surface area contributed by atoms with Gasteiger partial charge in [0.1, 0.15) is 5.75 Å². The number of H-pyrrole nitrogens is 1. The Balaban J connectivity index is 1.69. The summed E-state index contributed by atoms with van der Waals surface area (Å²) in [6.07, 6.45) is 0.269. The lowest BCUT2D eigenvalue weighted by Gasteiger charge is -2.08. The van der Waals surface area contributed by atoms with Crippen LogP contribution in [0.25, 0.3) is 11.3 Å². The minimum Gasteiger partial charge on any atom is -0.497 e. The van der Waals surface area contributed by atoms with Crippen molar-refractivity contribution in [3.05, 3.63) is 76.6 Å². The summed E-state index contributed by atoms with van der Waals surface area (Å²) >= 11 is 0. The van der Waals surface area contributed by atoms with Crippen LogP contribution in [0, 0.1) is 0 Å². The Bertz CT molecular complexity index is 913. The molecule has 126 valence electrons. The molecule has 3 aromatic rings. The third kappa shape index (κ3) is 4.32. The van der Waals surface area contributed by atoms with E-state index in [2.05, 4.69) is 15.5 Å². The number of hydrogen-bond donors (Lipinski definition) is 2. The Morgan fingerprint density at radius 1 is 1.12 bits per heavy atom. The minimum absolute atomic E-state index is 0.114. The van der Waals surface area contributed by atoms with Gasteiger partial charge in [0, 0.05) is 17.3 Å². The van der Waals surface area contributed by atoms with Crippen LogP contribution in [0.4, 0.5) is 5.69 Å². The molecular weight excluding hydrogens is 318 g/mol. The number of aromatic nitrogens is 2. The summed E-state index contributed by atoms with van der Waals surface area (Å²) in [5.74, 6) is 0.641. The number of carbonyl (C=O) groups excluding carboxylic acids is 1. The summed E-state index contributed by atoms with van der Waals surface area (Å²) in [4.78, 5) is 23.3. The largest absolute Gasteiger partial charge is 0.497 e. The van der Waals surface area contributed by atoms with Crippen molar-refractivity contribution in [2.24, 2.45) is 0 Å². The summed E-state index contributed by atoms with van der Waals surface area (Å²) < 4.78 is 5.10. The molecule has 0 unspecified atom stereocenters. The lowest BCUT2D eigenvalue weighted by atomic mass is 10.1. The van der Waals surface area contributed by atoms with E-state index in [1.165, 1.54) is 6.07 Å². The van der Waals surface area contributed by atoms with Crippen LogP contribution in [0.15, 0.2) is 65.5 Å². The van der Waals surface area contributed by atoms with Crippen LogP contribution >= 0.6 is 0 Å². The highest BCUT2D eigenvalue weighted by Gasteiger charge is 2.06. The maximum absolute atomic E-state index is 12.2. The predicted molar refractivity (Wildman–Crippen MR) is 95.6 cm³/mol. The SMILES string of the molecule is COc1ccc(CC(=O)Nc2cccc(-c3ccc(=O)[nH]n3)c2)cc1. The number of carbonyl (C=O) groups is 1. The van der Waals surface area contributed by atoms with Crippen LogP contribution in [0.2, 0.25) is 0 Å². The molecule has 0 spiro atoms. The van der Waals surface area contributed by atoms with Gasteiger partial charge in [0.25, 0.3) is 5.56 Å². The number of hydrogen-bond acceptors (Lipinski definition) is 4. The molecule has 0 aliphatic carbocycles. The number of aromatic amines is 1. The third-order valence-corrected chi connectivity index (χ3v) is 3.64. The normalized spacial score (nSPS) is 10.3. The van der Waals surface area contributed by atoms with Gasteiger partial charge in [0.05, 0.1) is 19.2 Å². The topological polar surface area (TPSA) is 84.1 Å². The second-order valence-corrected chi connectivity index (χ2v) is 5.46. The molecule has 6 nitrogen and oxygen atoms in total. The van der Waals surface area contributed by atoms with Gasteiger partial charge >= 0.3 is 0 Å². The van der Waals surface area contributed by atoms with Crippen LogP contribution < -0.4 is 15.6 Å². The molecule has 0 saturated heterocycles. The van der Waals surface area contributed by atoms with E-state index in [9.17, 15) is 9.59 Å². The molecule has 0 atom stereocenters. The molecule has 0 fully saturated rings. The summed E-state index contributed by atoms with van der Waals surface area (Å²) in [6.45, 7) is 0. The van der Waals surface area contributed by atoms with Gasteiger partial charge in [0.15, 0.2) is 0 Å². The van der Waals surface area contributed by atoms with Gasteiger partial charge in [-0.15, -0.1) is 0 Å². The molecule has 0 aliphatic rings. The fourth-order valence-electron chi connectivity index (χ4n) is 2.40. The molecule has 1 aromatic heterocycles. The second kappa shape index (κ2) is 7.44. The lowest BCUT2D eigenvalue weighted by molar-refractivity contribution is -0.115. The minimum atomic E-state index is -0.257. The van der Waals surface area contributed by atoms with E-state index in [0.717, 1.165) is 16.9 Å². The molecule has 1 heterocycles. The standard InChI is InChI=1S/C19H17N3O3/c1-25-16-7-5-13(6-8-16)11-19(24)20-15-4-2-3-14(12-15)17-9-10-18(23)22-21-17/h2-10,12H,11H2,1H3,(H,20,24)(H,22,23). The fraction of sp³-hybridized carbons (Fsp3) is 0.105. The van der Waals surface area contributed by atoms with Gasteiger partial charge in [0.2, 0.25) is 5.91 Å². The Hall–Kier alpha value is -3.41. The smallest absolute Gasteiger partial charge is 0.264 e. The van der Waals surface area contributed by atoms with Crippen LogP contribution in [0.5, 0.6) is 5.75 Å². The molecule has 0 radical (unpaired) electrons.